The largest absolute Gasteiger partial charge is 0.369 e. The fourth-order valence-electron chi connectivity index (χ4n) is 4.06. The Bertz CT molecular complexity index is 1400. The fraction of sp³-hybridized carbons (Fsp3) is 0.154. The van der Waals surface area contributed by atoms with Crippen LogP contribution in [-0.2, 0) is 0 Å². The van der Waals surface area contributed by atoms with E-state index in [0.717, 1.165) is 34.8 Å². The van der Waals surface area contributed by atoms with Gasteiger partial charge in [0.05, 0.1) is 11.2 Å². The van der Waals surface area contributed by atoms with E-state index in [0.29, 0.717) is 41.6 Å². The SMILES string of the molecule is NNC(=O)Nc1ccc(N(CCCl)CCCl)c(-c2cc(-c3cc(F)ccc3F)nc3ccccc23)c1. The Labute approximate surface area is 217 Å². The Kier molecular flexibility index (Phi) is 8.20. The number of carbonyl (C=O) groups excluding carboxylic acids is 1. The highest BCUT2D eigenvalue weighted by molar-refractivity contribution is 6.18. The summed E-state index contributed by atoms with van der Waals surface area (Å²) in [6.07, 6.45) is 0. The Morgan fingerprint density at radius 1 is 0.917 bits per heavy atom. The summed E-state index contributed by atoms with van der Waals surface area (Å²) in [6.45, 7) is 1.04. The van der Waals surface area contributed by atoms with E-state index in [-0.39, 0.29) is 11.3 Å². The number of nitrogens with one attached hydrogen (secondary N) is 2. The van der Waals surface area contributed by atoms with Crippen LogP contribution in [0, 0.1) is 11.6 Å². The molecule has 3 aromatic carbocycles. The Balaban J connectivity index is 2.01. The van der Waals surface area contributed by atoms with Crippen molar-refractivity contribution in [2.75, 3.05) is 35.1 Å². The molecule has 0 fully saturated rings. The summed E-state index contributed by atoms with van der Waals surface area (Å²) in [5.74, 6) is 4.80. The number of fused-ring (bicyclic) bond motifs is 1. The molecule has 0 aliphatic carbocycles. The second-order valence-electron chi connectivity index (χ2n) is 7.89. The number of hydrazine groups is 1. The monoisotopic (exact) mass is 529 g/mol. The van der Waals surface area contributed by atoms with Gasteiger partial charge in [-0.1, -0.05) is 18.2 Å². The highest BCUT2D eigenvalue weighted by atomic mass is 35.5. The van der Waals surface area contributed by atoms with E-state index in [2.05, 4.69) is 10.3 Å². The lowest BCUT2D eigenvalue weighted by Crippen LogP contribution is -2.34. The summed E-state index contributed by atoms with van der Waals surface area (Å²) in [6, 6.07) is 17.1. The minimum atomic E-state index is -0.591. The first-order chi connectivity index (χ1) is 17.4. The van der Waals surface area contributed by atoms with E-state index in [1.165, 1.54) is 0 Å². The number of nitrogens with zero attached hydrogens (tertiary/aromatic N) is 2. The molecule has 186 valence electrons. The summed E-state index contributed by atoms with van der Waals surface area (Å²) in [5, 5.41) is 3.46. The number of urea groups is 1. The number of hydrogen-bond acceptors (Lipinski definition) is 4. The molecule has 1 aromatic heterocycles. The van der Waals surface area contributed by atoms with E-state index in [9.17, 15) is 13.6 Å². The van der Waals surface area contributed by atoms with E-state index in [1.807, 2.05) is 34.6 Å². The third-order valence-corrected chi connectivity index (χ3v) is 5.98. The molecule has 0 atom stereocenters. The fourth-order valence-corrected chi connectivity index (χ4v) is 4.47. The van der Waals surface area contributed by atoms with Crippen LogP contribution in [0.5, 0.6) is 0 Å². The standard InChI is InChI=1S/C26H23Cl2F2N5O/c27-9-11-35(12-10-28)25-8-6-17(32-26(36)34-31)14-20(25)19-15-24(21-13-16(29)5-7-22(21)30)33-23-4-2-1-3-18(19)23/h1-8,13-15H,9-12,31H2,(H2,32,34,36). The molecule has 1 heterocycles. The maximum absolute atomic E-state index is 14.7. The number of alkyl halides is 2. The van der Waals surface area contributed by atoms with Crippen LogP contribution in [0.15, 0.2) is 66.7 Å². The van der Waals surface area contributed by atoms with Crippen molar-refractivity contribution in [3.63, 3.8) is 0 Å². The Morgan fingerprint density at radius 2 is 1.67 bits per heavy atom. The van der Waals surface area contributed by atoms with Crippen molar-refractivity contribution < 1.29 is 13.6 Å². The number of para-hydroxylation sites is 1. The molecule has 4 rings (SSSR count). The molecule has 0 aliphatic heterocycles. The third-order valence-electron chi connectivity index (χ3n) is 5.65. The summed E-state index contributed by atoms with van der Waals surface area (Å²) >= 11 is 12.2. The molecule has 36 heavy (non-hydrogen) atoms. The molecule has 0 radical (unpaired) electrons. The van der Waals surface area contributed by atoms with Crippen LogP contribution >= 0.6 is 23.2 Å². The molecule has 2 amide bonds. The molecule has 6 nitrogen and oxygen atoms in total. The van der Waals surface area contributed by atoms with E-state index in [1.54, 1.807) is 24.3 Å². The zero-order valence-corrected chi connectivity index (χ0v) is 20.6. The van der Waals surface area contributed by atoms with Gasteiger partial charge >= 0.3 is 6.03 Å². The van der Waals surface area contributed by atoms with Crippen molar-refractivity contribution in [2.24, 2.45) is 5.84 Å². The van der Waals surface area contributed by atoms with Crippen LogP contribution in [0.25, 0.3) is 33.3 Å². The van der Waals surface area contributed by atoms with Crippen LogP contribution in [0.2, 0.25) is 0 Å². The molecule has 4 N–H and O–H groups in total. The van der Waals surface area contributed by atoms with E-state index >= 15 is 0 Å². The normalized spacial score (nSPS) is 10.9. The van der Waals surface area contributed by atoms with Gasteiger partial charge in [-0.15, -0.1) is 23.2 Å². The first kappa shape index (κ1) is 25.6. The lowest BCUT2D eigenvalue weighted by Gasteiger charge is -2.27. The minimum Gasteiger partial charge on any atom is -0.369 e. The number of nitrogens with two attached hydrogens (primary N) is 1. The van der Waals surface area contributed by atoms with Crippen LogP contribution in [-0.4, -0.2) is 35.9 Å². The molecule has 0 bridgehead atoms. The van der Waals surface area contributed by atoms with Gasteiger partial charge in [0, 0.05) is 52.7 Å². The Morgan fingerprint density at radius 3 is 2.39 bits per heavy atom. The van der Waals surface area contributed by atoms with Crippen molar-refractivity contribution in [3.8, 4) is 22.4 Å². The smallest absolute Gasteiger partial charge is 0.333 e. The number of pyridine rings is 1. The second-order valence-corrected chi connectivity index (χ2v) is 8.65. The highest BCUT2D eigenvalue weighted by Gasteiger charge is 2.19. The summed E-state index contributed by atoms with van der Waals surface area (Å²) in [4.78, 5) is 18.5. The predicted octanol–water partition coefficient (Wildman–Crippen LogP) is 6.13. The maximum atomic E-state index is 14.7. The minimum absolute atomic E-state index is 0.0405. The number of anilines is 2. The lowest BCUT2D eigenvalue weighted by molar-refractivity contribution is 0.252. The Hall–Kier alpha value is -3.46. The van der Waals surface area contributed by atoms with Crippen LogP contribution < -0.4 is 21.5 Å². The van der Waals surface area contributed by atoms with Crippen LogP contribution in [0.4, 0.5) is 25.0 Å². The zero-order chi connectivity index (χ0) is 25.7. The highest BCUT2D eigenvalue weighted by Crippen LogP contribution is 2.39. The van der Waals surface area contributed by atoms with Gasteiger partial charge in [-0.2, -0.15) is 0 Å². The number of aromatic nitrogens is 1. The molecule has 0 aliphatic rings. The molecule has 4 aromatic rings. The molecular formula is C26H23Cl2F2N5O. The van der Waals surface area contributed by atoms with Crippen molar-refractivity contribution in [3.05, 3.63) is 78.4 Å². The summed E-state index contributed by atoms with van der Waals surface area (Å²) in [5.41, 5.74) is 5.66. The number of benzene rings is 3. The number of rotatable bonds is 8. The van der Waals surface area contributed by atoms with Crippen molar-refractivity contribution in [2.45, 2.75) is 0 Å². The van der Waals surface area contributed by atoms with Gasteiger partial charge in [-0.05, 0) is 54.1 Å². The topological polar surface area (TPSA) is 83.3 Å². The summed E-state index contributed by atoms with van der Waals surface area (Å²) < 4.78 is 28.8. The molecule has 10 heteroatoms. The lowest BCUT2D eigenvalue weighted by atomic mass is 9.95. The van der Waals surface area contributed by atoms with Crippen molar-refractivity contribution in [1.29, 1.82) is 0 Å². The maximum Gasteiger partial charge on any atom is 0.333 e. The van der Waals surface area contributed by atoms with Crippen LogP contribution in [0.1, 0.15) is 0 Å². The van der Waals surface area contributed by atoms with Gasteiger partial charge < -0.3 is 10.2 Å². The first-order valence-electron chi connectivity index (χ1n) is 11.1. The second kappa shape index (κ2) is 11.5. The average molecular weight is 530 g/mol. The first-order valence-corrected chi connectivity index (χ1v) is 12.2. The predicted molar refractivity (Wildman–Crippen MR) is 143 cm³/mol. The average Bonchev–Trinajstić information content (AvgIpc) is 2.89. The van der Waals surface area contributed by atoms with Gasteiger partial charge in [0.1, 0.15) is 11.6 Å². The number of carbonyl (C=O) groups is 1. The zero-order valence-electron chi connectivity index (χ0n) is 19.1. The molecular weight excluding hydrogens is 507 g/mol. The molecule has 0 saturated carbocycles. The molecule has 0 saturated heterocycles. The van der Waals surface area contributed by atoms with Crippen LogP contribution in [0.3, 0.4) is 0 Å². The van der Waals surface area contributed by atoms with Crippen molar-refractivity contribution in [1.82, 2.24) is 10.4 Å². The third kappa shape index (κ3) is 5.51. The van der Waals surface area contributed by atoms with E-state index in [4.69, 9.17) is 29.0 Å². The van der Waals surface area contributed by atoms with Gasteiger partial charge in [0.15, 0.2) is 0 Å². The van der Waals surface area contributed by atoms with E-state index < -0.39 is 17.7 Å². The number of hydrogen-bond donors (Lipinski definition) is 3. The summed E-state index contributed by atoms with van der Waals surface area (Å²) in [7, 11) is 0. The van der Waals surface area contributed by atoms with Gasteiger partial charge in [0.25, 0.3) is 0 Å². The molecule has 0 unspecified atom stereocenters. The quantitative estimate of drug-likeness (QED) is 0.111. The van der Waals surface area contributed by atoms with Gasteiger partial charge in [-0.3, -0.25) is 5.43 Å². The molecule has 0 spiro atoms. The van der Waals surface area contributed by atoms with Gasteiger partial charge in [0.2, 0.25) is 0 Å². The number of halogens is 4. The van der Waals surface area contributed by atoms with Crippen molar-refractivity contribution >= 4 is 51.5 Å². The number of amides is 2. The van der Waals surface area contributed by atoms with Gasteiger partial charge in [-0.25, -0.2) is 24.4 Å².